The minimum Gasteiger partial charge on any atom is -0.465 e. The van der Waals surface area contributed by atoms with Gasteiger partial charge in [-0.1, -0.05) is 29.8 Å². The molecule has 0 amide bonds. The maximum absolute atomic E-state index is 11.5. The predicted octanol–water partition coefficient (Wildman–Crippen LogP) is 4.01. The van der Waals surface area contributed by atoms with Crippen molar-refractivity contribution in [2.24, 2.45) is 0 Å². The molecule has 5 nitrogen and oxygen atoms in total. The van der Waals surface area contributed by atoms with Gasteiger partial charge < -0.3 is 9.15 Å². The van der Waals surface area contributed by atoms with E-state index in [2.05, 4.69) is 10.2 Å². The van der Waals surface area contributed by atoms with Crippen LogP contribution >= 0.6 is 34.7 Å². The topological polar surface area (TPSA) is 65.2 Å². The maximum Gasteiger partial charge on any atom is 0.319 e. The monoisotopic (exact) mass is 352 g/mol. The summed E-state index contributed by atoms with van der Waals surface area (Å²) in [6.45, 7) is 0.444. The van der Waals surface area contributed by atoms with Crippen LogP contribution in [0.3, 0.4) is 0 Å². The molecule has 1 atom stereocenters. The van der Waals surface area contributed by atoms with E-state index < -0.39 is 0 Å². The molecule has 112 valence electrons. The molecule has 3 heterocycles. The summed E-state index contributed by atoms with van der Waals surface area (Å²) in [5.74, 6) is 0.143. The molecule has 8 heteroatoms. The van der Waals surface area contributed by atoms with Gasteiger partial charge in [-0.3, -0.25) is 4.79 Å². The summed E-state index contributed by atoms with van der Waals surface area (Å²) in [6, 6.07) is 7.85. The Bertz CT molecular complexity index is 861. The van der Waals surface area contributed by atoms with E-state index in [-0.39, 0.29) is 11.2 Å². The largest absolute Gasteiger partial charge is 0.465 e. The van der Waals surface area contributed by atoms with Crippen LogP contribution in [-0.4, -0.2) is 28.0 Å². The number of rotatable bonds is 3. The fraction of sp³-hybridized carbons (Fsp3) is 0.214. The van der Waals surface area contributed by atoms with Gasteiger partial charge in [0.1, 0.15) is 10.1 Å². The molecule has 0 radical (unpaired) electrons. The highest BCUT2D eigenvalue weighted by molar-refractivity contribution is 8.00. The van der Waals surface area contributed by atoms with Crippen molar-refractivity contribution in [3.8, 4) is 10.8 Å². The summed E-state index contributed by atoms with van der Waals surface area (Å²) < 4.78 is 11.6. The number of benzene rings is 1. The molecule has 3 aromatic rings. The molecule has 4 rings (SSSR count). The number of thiophene rings is 1. The Morgan fingerprint density at radius 2 is 2.18 bits per heavy atom. The number of ether oxygens (including phenoxy) is 1. The Morgan fingerprint density at radius 3 is 2.95 bits per heavy atom. The van der Waals surface area contributed by atoms with Crippen molar-refractivity contribution in [3.05, 3.63) is 29.3 Å². The van der Waals surface area contributed by atoms with Crippen molar-refractivity contribution in [3.63, 3.8) is 0 Å². The highest BCUT2D eigenvalue weighted by Gasteiger charge is 2.30. The van der Waals surface area contributed by atoms with Crippen molar-refractivity contribution in [1.82, 2.24) is 10.2 Å². The minimum absolute atomic E-state index is 0.232. The van der Waals surface area contributed by atoms with Gasteiger partial charge in [-0.25, -0.2) is 0 Å². The number of hydrogen-bond donors (Lipinski definition) is 0. The van der Waals surface area contributed by atoms with Gasteiger partial charge in [0.15, 0.2) is 0 Å². The van der Waals surface area contributed by atoms with E-state index in [0.717, 1.165) is 15.0 Å². The molecule has 0 spiro atoms. The van der Waals surface area contributed by atoms with Crippen molar-refractivity contribution in [2.75, 3.05) is 6.61 Å². The molecule has 1 unspecified atom stereocenters. The smallest absolute Gasteiger partial charge is 0.319 e. The molecule has 1 aliphatic rings. The number of fused-ring (bicyclic) bond motifs is 1. The summed E-state index contributed by atoms with van der Waals surface area (Å²) in [7, 11) is 0. The molecule has 0 bridgehead atoms. The molecule has 1 aromatic carbocycles. The van der Waals surface area contributed by atoms with E-state index in [1.165, 1.54) is 23.1 Å². The first-order chi connectivity index (χ1) is 10.7. The summed E-state index contributed by atoms with van der Waals surface area (Å²) in [4.78, 5) is 12.2. The first-order valence-corrected chi connectivity index (χ1v) is 8.64. The van der Waals surface area contributed by atoms with Crippen LogP contribution < -0.4 is 0 Å². The molecule has 1 fully saturated rings. The molecular formula is C14H9ClN2O3S2. The van der Waals surface area contributed by atoms with Gasteiger partial charge in [-0.05, 0) is 17.8 Å². The summed E-state index contributed by atoms with van der Waals surface area (Å²) >= 11 is 9.13. The van der Waals surface area contributed by atoms with E-state index in [0.29, 0.717) is 29.2 Å². The van der Waals surface area contributed by atoms with Crippen LogP contribution in [0.4, 0.5) is 0 Å². The van der Waals surface area contributed by atoms with E-state index in [1.54, 1.807) is 0 Å². The molecule has 1 aliphatic heterocycles. The van der Waals surface area contributed by atoms with Gasteiger partial charge >= 0.3 is 5.97 Å². The van der Waals surface area contributed by atoms with Gasteiger partial charge in [0.25, 0.3) is 11.1 Å². The number of carbonyl (C=O) groups excluding carboxylic acids is 1. The molecule has 2 aromatic heterocycles. The van der Waals surface area contributed by atoms with E-state index >= 15 is 0 Å². The highest BCUT2D eigenvalue weighted by atomic mass is 35.5. The fourth-order valence-electron chi connectivity index (χ4n) is 2.21. The number of esters is 1. The second-order valence-electron chi connectivity index (χ2n) is 4.68. The lowest BCUT2D eigenvalue weighted by Gasteiger charge is -1.98. The summed E-state index contributed by atoms with van der Waals surface area (Å²) in [5, 5.41) is 9.70. The standard InChI is InChI=1S/C14H9ClN2O3S2/c15-10-7-3-1-2-4-8(7)21-11(10)12-16-17-14(20-12)22-9-5-6-19-13(9)18/h1-4,9H,5-6H2. The quantitative estimate of drug-likeness (QED) is 0.663. The first kappa shape index (κ1) is 14.0. The Kier molecular flexibility index (Phi) is 3.56. The number of halogens is 1. The van der Waals surface area contributed by atoms with Gasteiger partial charge in [-0.15, -0.1) is 21.5 Å². The third-order valence-electron chi connectivity index (χ3n) is 3.27. The Balaban J connectivity index is 1.65. The maximum atomic E-state index is 11.5. The third kappa shape index (κ3) is 2.39. The number of nitrogens with zero attached hydrogens (tertiary/aromatic N) is 2. The molecular weight excluding hydrogens is 344 g/mol. The first-order valence-electron chi connectivity index (χ1n) is 6.56. The van der Waals surface area contributed by atoms with Crippen molar-refractivity contribution >= 4 is 50.8 Å². The lowest BCUT2D eigenvalue weighted by Crippen LogP contribution is -2.09. The van der Waals surface area contributed by atoms with Crippen LogP contribution in [-0.2, 0) is 9.53 Å². The summed E-state index contributed by atoms with van der Waals surface area (Å²) in [5.41, 5.74) is 0. The third-order valence-corrected chi connectivity index (χ3v) is 6.01. The number of cyclic esters (lactones) is 1. The number of thioether (sulfide) groups is 1. The molecule has 22 heavy (non-hydrogen) atoms. The van der Waals surface area contributed by atoms with E-state index in [9.17, 15) is 4.79 Å². The van der Waals surface area contributed by atoms with Gasteiger partial charge in [0, 0.05) is 16.5 Å². The average Bonchev–Trinajstić information content (AvgIpc) is 3.21. The predicted molar refractivity (Wildman–Crippen MR) is 85.3 cm³/mol. The van der Waals surface area contributed by atoms with Crippen molar-refractivity contribution in [1.29, 1.82) is 0 Å². The fourth-order valence-corrected chi connectivity index (χ4v) is 4.48. The normalized spacial score (nSPS) is 18.0. The molecule has 0 saturated carbocycles. The summed E-state index contributed by atoms with van der Waals surface area (Å²) in [6.07, 6.45) is 0.658. The Hall–Kier alpha value is -1.57. The number of aromatic nitrogens is 2. The van der Waals surface area contributed by atoms with Crippen molar-refractivity contribution < 1.29 is 13.9 Å². The van der Waals surface area contributed by atoms with Crippen LogP contribution in [0.25, 0.3) is 20.9 Å². The Labute approximate surface area is 138 Å². The molecule has 0 aliphatic carbocycles. The minimum atomic E-state index is -0.272. The van der Waals surface area contributed by atoms with Crippen LogP contribution in [0, 0.1) is 0 Å². The van der Waals surface area contributed by atoms with Gasteiger partial charge in [-0.2, -0.15) is 0 Å². The zero-order chi connectivity index (χ0) is 15.1. The van der Waals surface area contributed by atoms with E-state index in [1.807, 2.05) is 24.3 Å². The zero-order valence-electron chi connectivity index (χ0n) is 11.1. The molecule has 0 N–H and O–H groups in total. The number of carbonyl (C=O) groups is 1. The SMILES string of the molecule is O=C1OCCC1Sc1nnc(-c2sc3ccccc3c2Cl)o1. The van der Waals surface area contributed by atoms with Gasteiger partial charge in [0.05, 0.1) is 11.6 Å². The molecule has 1 saturated heterocycles. The van der Waals surface area contributed by atoms with Crippen molar-refractivity contribution in [2.45, 2.75) is 16.9 Å². The van der Waals surface area contributed by atoms with Crippen LogP contribution in [0.5, 0.6) is 0 Å². The number of hydrogen-bond acceptors (Lipinski definition) is 7. The average molecular weight is 353 g/mol. The second kappa shape index (κ2) is 5.57. The van der Waals surface area contributed by atoms with Gasteiger partial charge in [0.2, 0.25) is 0 Å². The van der Waals surface area contributed by atoms with E-state index in [4.69, 9.17) is 20.8 Å². The lowest BCUT2D eigenvalue weighted by atomic mass is 10.2. The van der Waals surface area contributed by atoms with Crippen LogP contribution in [0.15, 0.2) is 33.9 Å². The Morgan fingerprint density at radius 1 is 1.32 bits per heavy atom. The lowest BCUT2D eigenvalue weighted by molar-refractivity contribution is -0.137. The second-order valence-corrected chi connectivity index (χ2v) is 7.26. The van der Waals surface area contributed by atoms with Crippen LogP contribution in [0.1, 0.15) is 6.42 Å². The zero-order valence-corrected chi connectivity index (χ0v) is 13.5. The van der Waals surface area contributed by atoms with Crippen LogP contribution in [0.2, 0.25) is 5.02 Å². The highest BCUT2D eigenvalue weighted by Crippen LogP contribution is 2.42.